The van der Waals surface area contributed by atoms with Gasteiger partial charge in [-0.1, -0.05) is 44.2 Å². The number of carbonyl (C=O) groups excluding carboxylic acids is 2. The Kier molecular flexibility index (Phi) is 7.02. The molecule has 172 valence electrons. The van der Waals surface area contributed by atoms with Crippen LogP contribution in [0, 0.1) is 5.92 Å². The molecule has 3 aromatic rings. The van der Waals surface area contributed by atoms with Crippen LogP contribution in [0.2, 0.25) is 0 Å². The molecule has 0 saturated carbocycles. The molecule has 0 aliphatic carbocycles. The number of piperazine rings is 1. The van der Waals surface area contributed by atoms with E-state index in [9.17, 15) is 9.59 Å². The van der Waals surface area contributed by atoms with Gasteiger partial charge in [-0.2, -0.15) is 0 Å². The molecular formula is C25H29N5O3. The van der Waals surface area contributed by atoms with Gasteiger partial charge in [0.15, 0.2) is 5.82 Å². The number of aromatic nitrogens is 2. The van der Waals surface area contributed by atoms with Crippen LogP contribution in [0.1, 0.15) is 19.6 Å². The van der Waals surface area contributed by atoms with Crippen LogP contribution >= 0.6 is 0 Å². The van der Waals surface area contributed by atoms with Crippen LogP contribution < -0.4 is 4.90 Å². The monoisotopic (exact) mass is 447 g/mol. The van der Waals surface area contributed by atoms with Crippen molar-refractivity contribution in [1.82, 2.24) is 20.0 Å². The minimum Gasteiger partial charge on any atom is -0.467 e. The van der Waals surface area contributed by atoms with E-state index in [0.29, 0.717) is 38.5 Å². The highest BCUT2D eigenvalue weighted by Crippen LogP contribution is 2.19. The van der Waals surface area contributed by atoms with Crippen molar-refractivity contribution in [3.63, 3.8) is 0 Å². The van der Waals surface area contributed by atoms with Gasteiger partial charge >= 0.3 is 0 Å². The van der Waals surface area contributed by atoms with E-state index in [4.69, 9.17) is 4.42 Å². The van der Waals surface area contributed by atoms with Gasteiger partial charge in [0, 0.05) is 37.7 Å². The fourth-order valence-electron chi connectivity index (χ4n) is 3.87. The van der Waals surface area contributed by atoms with Crippen LogP contribution in [0.15, 0.2) is 65.3 Å². The molecule has 0 N–H and O–H groups in total. The SMILES string of the molecule is CC(C)C(=O)N(CC(=O)N1CCN(c2ccc(-c3ccccc3)nn2)CC1)Cc1ccco1. The second-order valence-corrected chi connectivity index (χ2v) is 8.44. The molecule has 8 heteroatoms. The smallest absolute Gasteiger partial charge is 0.242 e. The molecule has 0 spiro atoms. The summed E-state index contributed by atoms with van der Waals surface area (Å²) in [4.78, 5) is 31.1. The number of hydrogen-bond acceptors (Lipinski definition) is 6. The molecule has 0 atom stereocenters. The van der Waals surface area contributed by atoms with Crippen molar-refractivity contribution in [3.8, 4) is 11.3 Å². The average Bonchev–Trinajstić information content (AvgIpc) is 3.37. The summed E-state index contributed by atoms with van der Waals surface area (Å²) in [6, 6.07) is 17.5. The van der Waals surface area contributed by atoms with Gasteiger partial charge in [0.25, 0.3) is 0 Å². The van der Waals surface area contributed by atoms with Gasteiger partial charge in [-0.25, -0.2) is 0 Å². The number of hydrogen-bond donors (Lipinski definition) is 0. The number of furan rings is 1. The molecule has 2 amide bonds. The van der Waals surface area contributed by atoms with Crippen molar-refractivity contribution in [2.24, 2.45) is 5.92 Å². The van der Waals surface area contributed by atoms with Crippen molar-refractivity contribution in [1.29, 1.82) is 0 Å². The maximum Gasteiger partial charge on any atom is 0.242 e. The molecule has 3 heterocycles. The molecule has 8 nitrogen and oxygen atoms in total. The topological polar surface area (TPSA) is 82.8 Å². The molecular weight excluding hydrogens is 418 g/mol. The standard InChI is InChI=1S/C25H29N5O3/c1-19(2)25(32)30(17-21-9-6-16-33-21)18-24(31)29-14-12-28(13-15-29)23-11-10-22(26-27-23)20-7-4-3-5-8-20/h3-11,16,19H,12-15,17-18H2,1-2H3. The average molecular weight is 448 g/mol. The Morgan fingerprint density at radius 3 is 2.33 bits per heavy atom. The third-order valence-electron chi connectivity index (χ3n) is 5.73. The molecule has 1 aliphatic heterocycles. The summed E-state index contributed by atoms with van der Waals surface area (Å²) >= 11 is 0. The van der Waals surface area contributed by atoms with Gasteiger partial charge in [0.2, 0.25) is 11.8 Å². The zero-order chi connectivity index (χ0) is 23.2. The van der Waals surface area contributed by atoms with E-state index in [2.05, 4.69) is 15.1 Å². The van der Waals surface area contributed by atoms with E-state index in [1.165, 1.54) is 0 Å². The van der Waals surface area contributed by atoms with E-state index < -0.39 is 0 Å². The van der Waals surface area contributed by atoms with Crippen LogP contribution in [0.25, 0.3) is 11.3 Å². The van der Waals surface area contributed by atoms with Gasteiger partial charge < -0.3 is 19.1 Å². The number of amides is 2. The Hall–Kier alpha value is -3.68. The van der Waals surface area contributed by atoms with Crippen molar-refractivity contribution in [2.45, 2.75) is 20.4 Å². The molecule has 1 fully saturated rings. The lowest BCUT2D eigenvalue weighted by Gasteiger charge is -2.36. The van der Waals surface area contributed by atoms with E-state index in [1.54, 1.807) is 17.2 Å². The lowest BCUT2D eigenvalue weighted by molar-refractivity contribution is -0.143. The van der Waals surface area contributed by atoms with E-state index in [-0.39, 0.29) is 24.3 Å². The molecule has 33 heavy (non-hydrogen) atoms. The van der Waals surface area contributed by atoms with E-state index in [0.717, 1.165) is 17.1 Å². The lowest BCUT2D eigenvalue weighted by atomic mass is 10.1. The Morgan fingerprint density at radius 1 is 0.970 bits per heavy atom. The first-order chi connectivity index (χ1) is 16.0. The molecule has 0 radical (unpaired) electrons. The van der Waals surface area contributed by atoms with Gasteiger partial charge in [-0.15, -0.1) is 10.2 Å². The largest absolute Gasteiger partial charge is 0.467 e. The summed E-state index contributed by atoms with van der Waals surface area (Å²) in [5.74, 6) is 1.16. The minimum atomic E-state index is -0.193. The molecule has 1 aliphatic rings. The van der Waals surface area contributed by atoms with Crippen molar-refractivity contribution in [2.75, 3.05) is 37.6 Å². The third kappa shape index (κ3) is 5.58. The highest BCUT2D eigenvalue weighted by Gasteiger charge is 2.27. The summed E-state index contributed by atoms with van der Waals surface area (Å²) in [6.45, 7) is 6.50. The van der Waals surface area contributed by atoms with Crippen molar-refractivity contribution < 1.29 is 14.0 Å². The zero-order valence-electron chi connectivity index (χ0n) is 19.1. The molecule has 0 unspecified atom stereocenters. The number of nitrogens with zero attached hydrogens (tertiary/aromatic N) is 5. The zero-order valence-corrected chi connectivity index (χ0v) is 19.1. The number of rotatable bonds is 7. The first-order valence-corrected chi connectivity index (χ1v) is 11.2. The van der Waals surface area contributed by atoms with E-state index in [1.807, 2.05) is 67.3 Å². The third-order valence-corrected chi connectivity index (χ3v) is 5.73. The van der Waals surface area contributed by atoms with Gasteiger partial charge in [-0.3, -0.25) is 9.59 Å². The summed E-state index contributed by atoms with van der Waals surface area (Å²) in [7, 11) is 0. The van der Waals surface area contributed by atoms with Crippen LogP contribution in [-0.4, -0.2) is 64.5 Å². The first-order valence-electron chi connectivity index (χ1n) is 11.2. The van der Waals surface area contributed by atoms with Gasteiger partial charge in [0.1, 0.15) is 12.3 Å². The number of carbonyl (C=O) groups is 2. The number of anilines is 1. The van der Waals surface area contributed by atoms with E-state index >= 15 is 0 Å². The molecule has 4 rings (SSSR count). The van der Waals surface area contributed by atoms with Crippen LogP contribution in [0.3, 0.4) is 0 Å². The second kappa shape index (κ2) is 10.3. The summed E-state index contributed by atoms with van der Waals surface area (Å²) in [5, 5.41) is 8.75. The van der Waals surface area contributed by atoms with Crippen LogP contribution in [0.5, 0.6) is 0 Å². The maximum absolute atomic E-state index is 13.0. The van der Waals surface area contributed by atoms with Crippen LogP contribution in [0.4, 0.5) is 5.82 Å². The predicted octanol–water partition coefficient (Wildman–Crippen LogP) is 3.07. The fourth-order valence-corrected chi connectivity index (χ4v) is 3.87. The Labute approximate surface area is 193 Å². The normalized spacial score (nSPS) is 13.9. The highest BCUT2D eigenvalue weighted by atomic mass is 16.3. The summed E-state index contributed by atoms with van der Waals surface area (Å²) in [5.41, 5.74) is 1.86. The second-order valence-electron chi connectivity index (χ2n) is 8.44. The molecule has 2 aromatic heterocycles. The maximum atomic E-state index is 13.0. The van der Waals surface area contributed by atoms with Gasteiger partial charge in [0.05, 0.1) is 18.5 Å². The Morgan fingerprint density at radius 2 is 1.73 bits per heavy atom. The van der Waals surface area contributed by atoms with Crippen LogP contribution in [-0.2, 0) is 16.1 Å². The summed E-state index contributed by atoms with van der Waals surface area (Å²) in [6.07, 6.45) is 1.57. The Bertz CT molecular complexity index is 1040. The summed E-state index contributed by atoms with van der Waals surface area (Å²) < 4.78 is 5.38. The minimum absolute atomic E-state index is 0.0449. The molecule has 1 saturated heterocycles. The van der Waals surface area contributed by atoms with Gasteiger partial charge in [-0.05, 0) is 24.3 Å². The quantitative estimate of drug-likeness (QED) is 0.554. The first kappa shape index (κ1) is 22.5. The van der Waals surface area contributed by atoms with Crippen molar-refractivity contribution in [3.05, 3.63) is 66.6 Å². The fraction of sp³-hybridized carbons (Fsp3) is 0.360. The predicted molar refractivity (Wildman–Crippen MR) is 125 cm³/mol. The number of benzene rings is 1. The van der Waals surface area contributed by atoms with Crippen molar-refractivity contribution >= 4 is 17.6 Å². The molecule has 1 aromatic carbocycles. The Balaban J connectivity index is 1.33. The molecule has 0 bridgehead atoms. The highest BCUT2D eigenvalue weighted by molar-refractivity contribution is 5.85. The lowest BCUT2D eigenvalue weighted by Crippen LogP contribution is -2.52.